The van der Waals surface area contributed by atoms with E-state index in [9.17, 15) is 15.2 Å². The number of nitrogens with zero attached hydrogens (tertiary/aromatic N) is 1. The van der Waals surface area contributed by atoms with E-state index in [0.29, 0.717) is 10.9 Å². The topological polar surface area (TPSA) is 115 Å². The number of nitro groups is 1. The highest BCUT2D eigenvalue weighted by Crippen LogP contribution is 2.34. The second-order valence-electron chi connectivity index (χ2n) is 3.91. The summed E-state index contributed by atoms with van der Waals surface area (Å²) in [6.45, 7) is 3.36. The molecule has 5 N–H and O–H groups in total. The van der Waals surface area contributed by atoms with Crippen molar-refractivity contribution in [2.45, 2.75) is 0 Å². The van der Waals surface area contributed by atoms with Gasteiger partial charge in [0.15, 0.2) is 5.11 Å². The molecule has 0 saturated heterocycles. The molecule has 0 atom stereocenters. The van der Waals surface area contributed by atoms with E-state index in [1.54, 1.807) is 0 Å². The summed E-state index contributed by atoms with van der Waals surface area (Å²) in [5, 5.41) is 23.9. The third-order valence-electron chi connectivity index (χ3n) is 2.58. The number of hydrazine groups is 1. The second kappa shape index (κ2) is 5.95. The smallest absolute Gasteiger partial charge is 0.270 e. The first-order chi connectivity index (χ1) is 10.0. The van der Waals surface area contributed by atoms with Gasteiger partial charge in [-0.15, -0.1) is 5.73 Å². The monoisotopic (exact) mass is 305 g/mol. The van der Waals surface area contributed by atoms with Crippen molar-refractivity contribution in [2.24, 2.45) is 0 Å². The Bertz CT molecular complexity index is 764. The Hall–Kier alpha value is -3.03. The number of benzene rings is 1. The van der Waals surface area contributed by atoms with Gasteiger partial charge in [0.05, 0.1) is 10.4 Å². The lowest BCUT2D eigenvalue weighted by Crippen LogP contribution is -2.35. The largest absolute Gasteiger partial charge is 0.493 e. The van der Waals surface area contributed by atoms with Gasteiger partial charge in [-0.05, 0) is 18.3 Å². The number of anilines is 1. The van der Waals surface area contributed by atoms with Crippen LogP contribution in [0, 0.1) is 10.1 Å². The number of nitro benzene ring substituents is 1. The molecule has 9 heteroatoms. The molecule has 8 nitrogen and oxygen atoms in total. The van der Waals surface area contributed by atoms with E-state index in [1.807, 2.05) is 0 Å². The van der Waals surface area contributed by atoms with E-state index in [4.69, 9.17) is 12.2 Å². The second-order valence-corrected chi connectivity index (χ2v) is 4.32. The van der Waals surface area contributed by atoms with E-state index in [0.717, 1.165) is 0 Å². The van der Waals surface area contributed by atoms with Crippen molar-refractivity contribution in [3.05, 3.63) is 46.8 Å². The minimum atomic E-state index is -0.512. The van der Waals surface area contributed by atoms with Gasteiger partial charge < -0.3 is 15.4 Å². The van der Waals surface area contributed by atoms with Crippen LogP contribution >= 0.6 is 12.2 Å². The molecular weight excluding hydrogens is 294 g/mol. The Kier molecular flexibility index (Phi) is 4.07. The molecule has 1 heterocycles. The Labute approximate surface area is 124 Å². The third kappa shape index (κ3) is 3.11. The number of hydrogen-bond donors (Lipinski definition) is 5. The molecule has 0 aliphatic carbocycles. The molecule has 0 spiro atoms. The van der Waals surface area contributed by atoms with Crippen LogP contribution in [0.25, 0.3) is 10.9 Å². The van der Waals surface area contributed by atoms with Gasteiger partial charge in [-0.25, -0.2) is 0 Å². The first-order valence-electron chi connectivity index (χ1n) is 5.69. The fourth-order valence-corrected chi connectivity index (χ4v) is 1.79. The lowest BCUT2D eigenvalue weighted by molar-refractivity contribution is -0.384. The molecule has 0 bridgehead atoms. The highest BCUT2D eigenvalue weighted by Gasteiger charge is 2.14. The summed E-state index contributed by atoms with van der Waals surface area (Å²) >= 11 is 4.94. The zero-order valence-electron chi connectivity index (χ0n) is 10.6. The number of fused-ring (bicyclic) bond motifs is 1. The maximum Gasteiger partial charge on any atom is 0.270 e. The van der Waals surface area contributed by atoms with E-state index in [1.165, 1.54) is 24.4 Å². The van der Waals surface area contributed by atoms with Gasteiger partial charge in [0, 0.05) is 23.7 Å². The van der Waals surface area contributed by atoms with E-state index in [2.05, 4.69) is 33.5 Å². The first-order valence-corrected chi connectivity index (χ1v) is 6.09. The molecular formula is C12H11N5O3S. The maximum atomic E-state index is 10.8. The van der Waals surface area contributed by atoms with Gasteiger partial charge >= 0.3 is 0 Å². The molecule has 2 aromatic rings. The number of thiocarbonyl (C=S) groups is 1. The summed E-state index contributed by atoms with van der Waals surface area (Å²) in [7, 11) is 0. The summed E-state index contributed by atoms with van der Waals surface area (Å²) in [6, 6.07) is 4.20. The fourth-order valence-electron chi connectivity index (χ4n) is 1.68. The van der Waals surface area contributed by atoms with Crippen LogP contribution in [-0.4, -0.2) is 20.1 Å². The van der Waals surface area contributed by atoms with Crippen molar-refractivity contribution in [3.8, 4) is 5.88 Å². The van der Waals surface area contributed by atoms with Crippen molar-refractivity contribution in [3.63, 3.8) is 0 Å². The predicted octanol–water partition coefficient (Wildman–Crippen LogP) is 1.87. The van der Waals surface area contributed by atoms with Gasteiger partial charge in [-0.3, -0.25) is 21.0 Å². The van der Waals surface area contributed by atoms with Crippen LogP contribution in [-0.2, 0) is 0 Å². The summed E-state index contributed by atoms with van der Waals surface area (Å²) in [5.41, 5.74) is 8.50. The zero-order chi connectivity index (χ0) is 15.4. The molecule has 21 heavy (non-hydrogen) atoms. The van der Waals surface area contributed by atoms with Crippen molar-refractivity contribution >= 4 is 39.6 Å². The van der Waals surface area contributed by atoms with Crippen LogP contribution in [0.15, 0.2) is 36.7 Å². The van der Waals surface area contributed by atoms with Crippen molar-refractivity contribution in [1.82, 2.24) is 15.7 Å². The molecule has 0 aliphatic rings. The number of rotatable bonds is 4. The Morgan fingerprint density at radius 1 is 1.57 bits per heavy atom. The molecule has 1 aromatic heterocycles. The number of nitrogens with one attached hydrogen (secondary N) is 4. The number of aromatic hydroxyl groups is 1. The number of aromatic nitrogens is 1. The normalized spacial score (nSPS) is 9.71. The van der Waals surface area contributed by atoms with Gasteiger partial charge in [0.1, 0.15) is 5.69 Å². The fraction of sp³-hybridized carbons (Fsp3) is 0. The highest BCUT2D eigenvalue weighted by molar-refractivity contribution is 7.80. The lowest BCUT2D eigenvalue weighted by Gasteiger charge is -2.09. The number of non-ortho nitro benzene ring substituents is 1. The molecule has 0 saturated carbocycles. The number of aromatic amines is 1. The summed E-state index contributed by atoms with van der Waals surface area (Å²) < 4.78 is 0. The molecule has 0 aliphatic heterocycles. The van der Waals surface area contributed by atoms with Crippen molar-refractivity contribution in [1.29, 1.82) is 0 Å². The molecule has 0 fully saturated rings. The molecule has 1 aromatic carbocycles. The predicted molar refractivity (Wildman–Crippen MR) is 82.8 cm³/mol. The Morgan fingerprint density at radius 3 is 3.00 bits per heavy atom. The van der Waals surface area contributed by atoms with Crippen LogP contribution in [0.3, 0.4) is 0 Å². The van der Waals surface area contributed by atoms with Crippen LogP contribution < -0.4 is 16.2 Å². The zero-order valence-corrected chi connectivity index (χ0v) is 11.5. The van der Waals surface area contributed by atoms with Crippen molar-refractivity contribution in [2.75, 3.05) is 5.43 Å². The summed E-state index contributed by atoms with van der Waals surface area (Å²) in [6.07, 6.45) is 1.40. The van der Waals surface area contributed by atoms with Gasteiger partial charge in [-0.2, -0.15) is 0 Å². The van der Waals surface area contributed by atoms with Crippen LogP contribution in [0.1, 0.15) is 0 Å². The highest BCUT2D eigenvalue weighted by atomic mass is 32.1. The van der Waals surface area contributed by atoms with Gasteiger partial charge in [0.2, 0.25) is 5.88 Å². The van der Waals surface area contributed by atoms with Crippen LogP contribution in [0.5, 0.6) is 5.88 Å². The standard InChI is InChI=1S/C12H11N5O3S/c1-2-5-13-12(21)16-15-10-8-6-7(17(19)20)3-4-9(8)14-11(10)18/h3-6,14-15,18H,1H2,(H2,13,16,21). The first kappa shape index (κ1) is 14.4. The third-order valence-corrected chi connectivity index (χ3v) is 2.80. The van der Waals surface area contributed by atoms with E-state index in [-0.39, 0.29) is 22.4 Å². The molecule has 108 valence electrons. The molecule has 0 amide bonds. The molecule has 0 unspecified atom stereocenters. The van der Waals surface area contributed by atoms with Gasteiger partial charge in [0.25, 0.3) is 5.69 Å². The summed E-state index contributed by atoms with van der Waals surface area (Å²) in [5.74, 6) is -0.167. The Morgan fingerprint density at radius 2 is 2.33 bits per heavy atom. The average Bonchev–Trinajstić information content (AvgIpc) is 2.77. The Balaban J connectivity index is 2.27. The number of hydrogen-bond acceptors (Lipinski definition) is 5. The van der Waals surface area contributed by atoms with Crippen molar-refractivity contribution < 1.29 is 10.0 Å². The van der Waals surface area contributed by atoms with E-state index < -0.39 is 4.92 Å². The average molecular weight is 305 g/mol. The SMILES string of the molecule is C=C=CNC(=S)NNc1c(O)[nH]c2ccc([N+](=O)[O-])cc12. The van der Waals surface area contributed by atoms with Gasteiger partial charge in [-0.1, -0.05) is 6.58 Å². The van der Waals surface area contributed by atoms with Crippen LogP contribution in [0.4, 0.5) is 11.4 Å². The summed E-state index contributed by atoms with van der Waals surface area (Å²) in [4.78, 5) is 13.0. The quantitative estimate of drug-likeness (QED) is 0.253. The minimum absolute atomic E-state index is 0.0835. The maximum absolute atomic E-state index is 10.8. The minimum Gasteiger partial charge on any atom is -0.493 e. The number of H-pyrrole nitrogens is 1. The van der Waals surface area contributed by atoms with E-state index >= 15 is 0 Å². The molecule has 0 radical (unpaired) electrons. The van der Waals surface area contributed by atoms with Crippen LogP contribution in [0.2, 0.25) is 0 Å². The lowest BCUT2D eigenvalue weighted by atomic mass is 10.2. The molecule has 2 rings (SSSR count).